The van der Waals surface area contributed by atoms with Crippen LogP contribution in [0.3, 0.4) is 0 Å². The van der Waals surface area contributed by atoms with Crippen molar-refractivity contribution in [2.24, 2.45) is 5.92 Å². The van der Waals surface area contributed by atoms with Gasteiger partial charge in [-0.3, -0.25) is 4.79 Å². The van der Waals surface area contributed by atoms with Crippen LogP contribution in [0.2, 0.25) is 0 Å². The Hall–Kier alpha value is -0.610. The Morgan fingerprint density at radius 1 is 1.18 bits per heavy atom. The van der Waals surface area contributed by atoms with Crippen molar-refractivity contribution < 1.29 is 14.6 Å². The third-order valence-electron chi connectivity index (χ3n) is 4.01. The summed E-state index contributed by atoms with van der Waals surface area (Å²) in [5, 5.41) is 12.2. The molecule has 0 heterocycles. The van der Waals surface area contributed by atoms with Crippen LogP contribution in [-0.4, -0.2) is 36.4 Å². The molecular weight excluding hydrogens is 218 g/mol. The number of ether oxygens (including phenoxy) is 1. The lowest BCUT2D eigenvalue weighted by Crippen LogP contribution is -2.48. The molecule has 0 aromatic carbocycles. The first kappa shape index (κ1) is 12.8. The number of rotatable bonds is 6. The molecule has 2 unspecified atom stereocenters. The molecule has 0 aromatic rings. The minimum atomic E-state index is -0.665. The van der Waals surface area contributed by atoms with Crippen LogP contribution in [0, 0.1) is 5.92 Å². The van der Waals surface area contributed by atoms with Gasteiger partial charge in [-0.25, -0.2) is 0 Å². The van der Waals surface area contributed by atoms with E-state index < -0.39 is 5.97 Å². The second-order valence-electron chi connectivity index (χ2n) is 5.21. The Labute approximate surface area is 103 Å². The molecule has 0 aromatic heterocycles. The fraction of sp³-hybridized carbons (Fsp3) is 0.923. The highest BCUT2D eigenvalue weighted by molar-refractivity contribution is 5.72. The van der Waals surface area contributed by atoms with Crippen LogP contribution in [0.15, 0.2) is 0 Å². The average Bonchev–Trinajstić information content (AvgIpc) is 2.27. The van der Waals surface area contributed by atoms with Crippen LogP contribution in [0.25, 0.3) is 0 Å². The monoisotopic (exact) mass is 241 g/mol. The quantitative estimate of drug-likeness (QED) is 0.696. The lowest BCUT2D eigenvalue weighted by molar-refractivity contribution is -0.146. The van der Waals surface area contributed by atoms with Gasteiger partial charge in [0, 0.05) is 12.6 Å². The highest BCUT2D eigenvalue weighted by Gasteiger charge is 2.35. The maximum absolute atomic E-state index is 10.8. The second kappa shape index (κ2) is 6.36. The summed E-state index contributed by atoms with van der Waals surface area (Å²) >= 11 is 0. The molecule has 0 saturated heterocycles. The van der Waals surface area contributed by atoms with Crippen LogP contribution in [0.5, 0.6) is 0 Å². The molecule has 0 spiro atoms. The molecule has 4 heteroatoms. The van der Waals surface area contributed by atoms with E-state index in [1.54, 1.807) is 0 Å². The van der Waals surface area contributed by atoms with E-state index in [1.807, 2.05) is 0 Å². The summed E-state index contributed by atoms with van der Waals surface area (Å²) in [4.78, 5) is 10.8. The average molecular weight is 241 g/mol. The van der Waals surface area contributed by atoms with Crippen molar-refractivity contribution in [2.45, 2.75) is 57.1 Å². The maximum Gasteiger partial charge on any atom is 0.308 e. The van der Waals surface area contributed by atoms with Crippen molar-refractivity contribution in [2.75, 3.05) is 13.2 Å². The zero-order chi connectivity index (χ0) is 12.1. The summed E-state index contributed by atoms with van der Waals surface area (Å²) in [5.41, 5.74) is 0. The fourth-order valence-corrected chi connectivity index (χ4v) is 2.74. The highest BCUT2D eigenvalue weighted by Crippen LogP contribution is 2.27. The molecule has 2 aliphatic rings. The topological polar surface area (TPSA) is 58.6 Å². The fourth-order valence-electron chi connectivity index (χ4n) is 2.74. The van der Waals surface area contributed by atoms with Crippen LogP contribution in [-0.2, 0) is 9.53 Å². The van der Waals surface area contributed by atoms with Crippen LogP contribution >= 0.6 is 0 Å². The molecule has 2 rings (SSSR count). The van der Waals surface area contributed by atoms with Crippen molar-refractivity contribution in [3.8, 4) is 0 Å². The van der Waals surface area contributed by atoms with Gasteiger partial charge in [0.15, 0.2) is 0 Å². The summed E-state index contributed by atoms with van der Waals surface area (Å²) in [6.45, 7) is 1.50. The summed E-state index contributed by atoms with van der Waals surface area (Å²) in [7, 11) is 0. The van der Waals surface area contributed by atoms with Crippen molar-refractivity contribution in [1.29, 1.82) is 0 Å². The largest absolute Gasteiger partial charge is 0.481 e. The summed E-state index contributed by atoms with van der Waals surface area (Å²) in [6.07, 6.45) is 8.57. The summed E-state index contributed by atoms with van der Waals surface area (Å²) < 4.78 is 5.79. The van der Waals surface area contributed by atoms with E-state index in [-0.39, 0.29) is 12.0 Å². The van der Waals surface area contributed by atoms with Gasteiger partial charge >= 0.3 is 5.97 Å². The predicted octanol–water partition coefficient (Wildman–Crippen LogP) is 1.79. The number of aliphatic carboxylic acids is 1. The number of nitrogens with one attached hydrogen (secondary N) is 1. The van der Waals surface area contributed by atoms with Crippen LogP contribution in [0.1, 0.15) is 44.9 Å². The van der Waals surface area contributed by atoms with Crippen molar-refractivity contribution in [1.82, 2.24) is 5.32 Å². The number of carboxylic acids is 1. The van der Waals surface area contributed by atoms with Crippen molar-refractivity contribution in [3.63, 3.8) is 0 Å². The third-order valence-corrected chi connectivity index (χ3v) is 4.01. The van der Waals surface area contributed by atoms with E-state index in [9.17, 15) is 4.79 Å². The number of carbonyl (C=O) groups is 1. The summed E-state index contributed by atoms with van der Waals surface area (Å²) in [6, 6.07) is 0.169. The third kappa shape index (κ3) is 3.68. The Balaban J connectivity index is 1.52. The Morgan fingerprint density at radius 2 is 1.94 bits per heavy atom. The molecule has 0 aliphatic heterocycles. The first-order valence-corrected chi connectivity index (χ1v) is 6.85. The minimum Gasteiger partial charge on any atom is -0.481 e. The number of carboxylic acid groups (broad SMARTS) is 1. The molecule has 98 valence electrons. The summed E-state index contributed by atoms with van der Waals surface area (Å²) in [5.74, 6) is -0.841. The van der Waals surface area contributed by atoms with Gasteiger partial charge < -0.3 is 15.2 Å². The van der Waals surface area contributed by atoms with E-state index in [0.717, 1.165) is 19.4 Å². The van der Waals surface area contributed by atoms with Gasteiger partial charge in [-0.2, -0.15) is 0 Å². The van der Waals surface area contributed by atoms with E-state index in [1.165, 1.54) is 32.1 Å². The normalized spacial score (nSPS) is 29.9. The highest BCUT2D eigenvalue weighted by atomic mass is 16.5. The van der Waals surface area contributed by atoms with Crippen molar-refractivity contribution >= 4 is 5.97 Å². The zero-order valence-corrected chi connectivity index (χ0v) is 10.4. The molecule has 4 nitrogen and oxygen atoms in total. The van der Waals surface area contributed by atoms with Gasteiger partial charge in [-0.15, -0.1) is 0 Å². The first-order valence-electron chi connectivity index (χ1n) is 6.85. The number of hydrogen-bond acceptors (Lipinski definition) is 3. The first-order chi connectivity index (χ1) is 8.27. The lowest BCUT2D eigenvalue weighted by atomic mass is 9.79. The number of hydrogen-bond donors (Lipinski definition) is 2. The van der Waals surface area contributed by atoms with Gasteiger partial charge in [0.05, 0.1) is 18.6 Å². The second-order valence-corrected chi connectivity index (χ2v) is 5.21. The molecule has 2 fully saturated rings. The van der Waals surface area contributed by atoms with Crippen molar-refractivity contribution in [3.05, 3.63) is 0 Å². The van der Waals surface area contributed by atoms with Gasteiger partial charge in [0.2, 0.25) is 0 Å². The van der Waals surface area contributed by atoms with Gasteiger partial charge in [-0.1, -0.05) is 19.3 Å². The Bertz CT molecular complexity index is 251. The molecule has 2 N–H and O–H groups in total. The molecule has 2 aliphatic carbocycles. The zero-order valence-electron chi connectivity index (χ0n) is 10.4. The predicted molar refractivity (Wildman–Crippen MR) is 65.0 cm³/mol. The van der Waals surface area contributed by atoms with E-state index >= 15 is 0 Å². The molecule has 2 saturated carbocycles. The minimum absolute atomic E-state index is 0.169. The molecule has 0 bridgehead atoms. The molecule has 0 amide bonds. The van der Waals surface area contributed by atoms with E-state index in [2.05, 4.69) is 5.32 Å². The van der Waals surface area contributed by atoms with E-state index in [4.69, 9.17) is 9.84 Å². The van der Waals surface area contributed by atoms with Crippen LogP contribution in [0.4, 0.5) is 0 Å². The van der Waals surface area contributed by atoms with Gasteiger partial charge in [0.1, 0.15) is 0 Å². The molecule has 2 atom stereocenters. The Kier molecular flexibility index (Phi) is 4.80. The van der Waals surface area contributed by atoms with Crippen LogP contribution < -0.4 is 5.32 Å². The smallest absolute Gasteiger partial charge is 0.308 e. The Morgan fingerprint density at radius 3 is 2.53 bits per heavy atom. The lowest BCUT2D eigenvalue weighted by Gasteiger charge is -2.34. The maximum atomic E-state index is 10.8. The van der Waals surface area contributed by atoms with Gasteiger partial charge in [0.25, 0.3) is 0 Å². The van der Waals surface area contributed by atoms with E-state index in [0.29, 0.717) is 12.7 Å². The molecule has 17 heavy (non-hydrogen) atoms. The SMILES string of the molecule is O=C(O)C1CCC1NCCOC1CCCCC1. The standard InChI is InChI=1S/C13H23NO3/c15-13(16)11-6-7-12(11)14-8-9-17-10-4-2-1-3-5-10/h10-12,14H,1-9H2,(H,15,16). The van der Waals surface area contributed by atoms with Gasteiger partial charge in [-0.05, 0) is 25.7 Å². The molecule has 0 radical (unpaired) electrons. The molecular formula is C13H23NO3.